The minimum absolute atomic E-state index is 0.433. The Morgan fingerprint density at radius 1 is 1.40 bits per heavy atom. The molecule has 0 aliphatic carbocycles. The van der Waals surface area contributed by atoms with E-state index in [1.54, 1.807) is 19.2 Å². The number of pyridine rings is 1. The van der Waals surface area contributed by atoms with E-state index >= 15 is 0 Å². The highest BCUT2D eigenvalue weighted by molar-refractivity contribution is 9.10. The fourth-order valence-corrected chi connectivity index (χ4v) is 2.17. The third-order valence-corrected chi connectivity index (χ3v) is 3.20. The molecule has 0 saturated carbocycles. The van der Waals surface area contributed by atoms with Crippen molar-refractivity contribution in [1.29, 1.82) is 0 Å². The van der Waals surface area contributed by atoms with Crippen molar-refractivity contribution in [2.24, 2.45) is 0 Å². The van der Waals surface area contributed by atoms with Crippen LogP contribution in [0.2, 0.25) is 5.15 Å². The lowest BCUT2D eigenvalue weighted by Gasteiger charge is -2.10. The summed E-state index contributed by atoms with van der Waals surface area (Å²) in [5, 5.41) is 11.9. The van der Waals surface area contributed by atoms with Crippen molar-refractivity contribution in [3.8, 4) is 0 Å². The monoisotopic (exact) mass is 285 g/mol. The molecule has 78 valence electrons. The van der Waals surface area contributed by atoms with Crippen LogP contribution in [0.15, 0.2) is 28.9 Å². The molecule has 0 fully saturated rings. The number of rotatable bonds is 1. The molecule has 1 unspecified atom stereocenters. The molecule has 0 radical (unpaired) electrons. The zero-order chi connectivity index (χ0) is 11.0. The van der Waals surface area contributed by atoms with Crippen molar-refractivity contribution in [1.82, 2.24) is 4.98 Å². The first-order chi connectivity index (χ1) is 7.09. The molecule has 15 heavy (non-hydrogen) atoms. The molecular formula is C11H9BrClNO. The highest BCUT2D eigenvalue weighted by Gasteiger charge is 2.09. The maximum atomic E-state index is 9.62. The topological polar surface area (TPSA) is 33.1 Å². The Labute approximate surface area is 101 Å². The van der Waals surface area contributed by atoms with Crippen molar-refractivity contribution in [3.05, 3.63) is 39.6 Å². The predicted octanol–water partition coefficient (Wildman–Crippen LogP) is 3.70. The van der Waals surface area contributed by atoms with Crippen LogP contribution in [0.3, 0.4) is 0 Å². The fourth-order valence-electron chi connectivity index (χ4n) is 1.57. The summed E-state index contributed by atoms with van der Waals surface area (Å²) in [6.07, 6.45) is 1.19. The van der Waals surface area contributed by atoms with Crippen LogP contribution in [-0.2, 0) is 0 Å². The molecule has 0 saturated heterocycles. The summed E-state index contributed by atoms with van der Waals surface area (Å²) in [4.78, 5) is 4.02. The maximum absolute atomic E-state index is 9.62. The first kappa shape index (κ1) is 10.9. The molecule has 0 bridgehead atoms. The summed E-state index contributed by atoms with van der Waals surface area (Å²) in [7, 11) is 0. The van der Waals surface area contributed by atoms with Gasteiger partial charge in [-0.2, -0.15) is 0 Å². The molecule has 2 aromatic rings. The van der Waals surface area contributed by atoms with Crippen molar-refractivity contribution in [2.45, 2.75) is 13.0 Å². The molecule has 1 atom stereocenters. The molecule has 1 aromatic heterocycles. The van der Waals surface area contributed by atoms with E-state index in [0.717, 1.165) is 20.8 Å². The van der Waals surface area contributed by atoms with Crippen molar-refractivity contribution in [2.75, 3.05) is 0 Å². The second kappa shape index (κ2) is 4.08. The number of aromatic nitrogens is 1. The minimum atomic E-state index is -0.515. The van der Waals surface area contributed by atoms with Gasteiger partial charge in [-0.1, -0.05) is 33.6 Å². The third kappa shape index (κ3) is 2.00. The molecule has 0 amide bonds. The summed E-state index contributed by atoms with van der Waals surface area (Å²) in [6, 6.07) is 5.55. The Hall–Kier alpha value is -0.640. The molecule has 0 aliphatic rings. The van der Waals surface area contributed by atoms with Crippen LogP contribution in [0.1, 0.15) is 18.6 Å². The summed E-state index contributed by atoms with van der Waals surface area (Å²) < 4.78 is 0.950. The lowest BCUT2D eigenvalue weighted by molar-refractivity contribution is 0.201. The first-order valence-corrected chi connectivity index (χ1v) is 5.68. The molecule has 2 nitrogen and oxygen atoms in total. The average molecular weight is 287 g/mol. The van der Waals surface area contributed by atoms with Crippen molar-refractivity contribution < 1.29 is 5.11 Å². The maximum Gasteiger partial charge on any atom is 0.129 e. The molecule has 1 N–H and O–H groups in total. The summed E-state index contributed by atoms with van der Waals surface area (Å²) in [5.74, 6) is 0. The lowest BCUT2D eigenvalue weighted by Crippen LogP contribution is -1.93. The van der Waals surface area contributed by atoms with E-state index in [2.05, 4.69) is 20.9 Å². The summed E-state index contributed by atoms with van der Waals surface area (Å²) in [5.41, 5.74) is 0.859. The van der Waals surface area contributed by atoms with Gasteiger partial charge >= 0.3 is 0 Å². The molecule has 4 heteroatoms. The van der Waals surface area contributed by atoms with Gasteiger partial charge in [-0.15, -0.1) is 0 Å². The van der Waals surface area contributed by atoms with Gasteiger partial charge in [0.15, 0.2) is 0 Å². The zero-order valence-electron chi connectivity index (χ0n) is 8.04. The van der Waals surface area contributed by atoms with Gasteiger partial charge in [-0.25, -0.2) is 4.98 Å². The molecule has 1 aromatic carbocycles. The van der Waals surface area contributed by atoms with E-state index in [-0.39, 0.29) is 0 Å². The Balaban J connectivity index is 2.84. The molecule has 1 heterocycles. The largest absolute Gasteiger partial charge is 0.389 e. The highest BCUT2D eigenvalue weighted by Crippen LogP contribution is 2.30. The van der Waals surface area contributed by atoms with Crippen LogP contribution < -0.4 is 0 Å². The molecule has 2 rings (SSSR count). The molecule has 0 aliphatic heterocycles. The zero-order valence-corrected chi connectivity index (χ0v) is 10.4. The normalized spacial score (nSPS) is 13.1. The van der Waals surface area contributed by atoms with Crippen LogP contribution in [0.25, 0.3) is 10.8 Å². The first-order valence-electron chi connectivity index (χ1n) is 4.51. The number of nitrogens with zero attached hydrogens (tertiary/aromatic N) is 1. The Bertz CT molecular complexity index is 513. The summed E-state index contributed by atoms with van der Waals surface area (Å²) >= 11 is 9.28. The highest BCUT2D eigenvalue weighted by atomic mass is 79.9. The van der Waals surface area contributed by atoms with Gasteiger partial charge in [-0.3, -0.25) is 0 Å². The number of hydrogen-bond acceptors (Lipinski definition) is 2. The van der Waals surface area contributed by atoms with Gasteiger partial charge in [0.25, 0.3) is 0 Å². The molecular weight excluding hydrogens is 277 g/mol. The van der Waals surface area contributed by atoms with Gasteiger partial charge in [0.05, 0.1) is 6.10 Å². The van der Waals surface area contributed by atoms with Gasteiger partial charge in [0.2, 0.25) is 0 Å². The van der Waals surface area contributed by atoms with E-state index in [1.807, 2.05) is 12.1 Å². The van der Waals surface area contributed by atoms with Gasteiger partial charge in [0, 0.05) is 16.1 Å². The van der Waals surface area contributed by atoms with Crippen molar-refractivity contribution in [3.63, 3.8) is 0 Å². The minimum Gasteiger partial charge on any atom is -0.389 e. The van der Waals surface area contributed by atoms with Crippen LogP contribution >= 0.6 is 27.5 Å². The number of halogens is 2. The van der Waals surface area contributed by atoms with E-state index in [0.29, 0.717) is 5.15 Å². The lowest BCUT2D eigenvalue weighted by atomic mass is 10.0. The Kier molecular flexibility index (Phi) is 2.96. The van der Waals surface area contributed by atoms with Gasteiger partial charge < -0.3 is 5.11 Å². The number of fused-ring (bicyclic) bond motifs is 1. The number of aliphatic hydroxyl groups is 1. The van der Waals surface area contributed by atoms with Gasteiger partial charge in [0.1, 0.15) is 5.15 Å². The van der Waals surface area contributed by atoms with Crippen LogP contribution in [0, 0.1) is 0 Å². The van der Waals surface area contributed by atoms with Crippen LogP contribution in [0.5, 0.6) is 0 Å². The Morgan fingerprint density at radius 3 is 2.80 bits per heavy atom. The Morgan fingerprint density at radius 2 is 2.13 bits per heavy atom. The van der Waals surface area contributed by atoms with E-state index in [9.17, 15) is 5.11 Å². The fraction of sp³-hybridized carbons (Fsp3) is 0.182. The van der Waals surface area contributed by atoms with Gasteiger partial charge in [-0.05, 0) is 30.0 Å². The number of aliphatic hydroxyl groups excluding tert-OH is 1. The summed E-state index contributed by atoms with van der Waals surface area (Å²) in [6.45, 7) is 1.73. The smallest absolute Gasteiger partial charge is 0.129 e. The molecule has 0 spiro atoms. The predicted molar refractivity (Wildman–Crippen MR) is 65.1 cm³/mol. The quantitative estimate of drug-likeness (QED) is 0.811. The third-order valence-electron chi connectivity index (χ3n) is 2.30. The standard InChI is InChI=1S/C11H9BrClNO/c1-6(15)7-2-3-10(12)9-5-14-11(13)4-8(7)9/h2-6,15H,1H3. The SMILES string of the molecule is CC(O)c1ccc(Br)c2cnc(Cl)cc12. The van der Waals surface area contributed by atoms with E-state index in [1.165, 1.54) is 0 Å². The van der Waals surface area contributed by atoms with E-state index in [4.69, 9.17) is 11.6 Å². The van der Waals surface area contributed by atoms with E-state index < -0.39 is 6.10 Å². The number of hydrogen-bond donors (Lipinski definition) is 1. The second-order valence-electron chi connectivity index (χ2n) is 3.37. The van der Waals surface area contributed by atoms with Crippen LogP contribution in [0.4, 0.5) is 0 Å². The van der Waals surface area contributed by atoms with Crippen LogP contribution in [-0.4, -0.2) is 10.1 Å². The second-order valence-corrected chi connectivity index (χ2v) is 4.61. The average Bonchev–Trinajstić information content (AvgIpc) is 2.17. The van der Waals surface area contributed by atoms with Crippen molar-refractivity contribution >= 4 is 38.3 Å². The number of benzene rings is 1.